The molecule has 1 aromatic carbocycles. The molecule has 0 atom stereocenters. The van der Waals surface area contributed by atoms with Crippen LogP contribution >= 0.6 is 11.6 Å². The highest BCUT2D eigenvalue weighted by atomic mass is 35.5. The number of hydrogen-bond donors (Lipinski definition) is 2. The summed E-state index contributed by atoms with van der Waals surface area (Å²) in [5.74, 6) is -0.371. The second-order valence-corrected chi connectivity index (χ2v) is 7.74. The van der Waals surface area contributed by atoms with E-state index in [1.807, 2.05) is 18.3 Å². The Bertz CT molecular complexity index is 1200. The maximum Gasteiger partial charge on any atom is 0.132 e. The zero-order valence-electron chi connectivity index (χ0n) is 16.2. The predicted molar refractivity (Wildman–Crippen MR) is 117 cm³/mol. The van der Waals surface area contributed by atoms with E-state index >= 15 is 0 Å². The molecule has 4 heterocycles. The second kappa shape index (κ2) is 8.01. The Labute approximate surface area is 178 Å². The third kappa shape index (κ3) is 3.62. The number of rotatable bonds is 3. The third-order valence-corrected chi connectivity index (χ3v) is 5.58. The number of nitrogens with one attached hydrogen (secondary N) is 2. The van der Waals surface area contributed by atoms with Gasteiger partial charge in [-0.15, -0.1) is 0 Å². The van der Waals surface area contributed by atoms with Gasteiger partial charge in [0.1, 0.15) is 5.82 Å². The Morgan fingerprint density at radius 3 is 2.83 bits per heavy atom. The van der Waals surface area contributed by atoms with Crippen molar-refractivity contribution in [2.45, 2.75) is 6.42 Å². The van der Waals surface area contributed by atoms with Gasteiger partial charge in [0.2, 0.25) is 0 Å². The number of anilines is 1. The van der Waals surface area contributed by atoms with Crippen molar-refractivity contribution in [3.8, 4) is 22.5 Å². The minimum atomic E-state index is -0.371. The van der Waals surface area contributed by atoms with Crippen LogP contribution in [0.1, 0.15) is 6.42 Å². The third-order valence-electron chi connectivity index (χ3n) is 5.34. The van der Waals surface area contributed by atoms with Crippen LogP contribution in [0, 0.1) is 5.82 Å². The highest BCUT2D eigenvalue weighted by Crippen LogP contribution is 2.33. The van der Waals surface area contributed by atoms with Crippen molar-refractivity contribution in [3.05, 3.63) is 59.6 Å². The number of aromatic amines is 1. The molecule has 1 aliphatic heterocycles. The fourth-order valence-corrected chi connectivity index (χ4v) is 3.97. The Morgan fingerprint density at radius 2 is 1.90 bits per heavy atom. The van der Waals surface area contributed by atoms with Gasteiger partial charge in [-0.2, -0.15) is 5.10 Å². The summed E-state index contributed by atoms with van der Waals surface area (Å²) in [6.07, 6.45) is 4.65. The molecule has 30 heavy (non-hydrogen) atoms. The largest absolute Gasteiger partial charge is 0.369 e. The van der Waals surface area contributed by atoms with E-state index in [9.17, 15) is 4.39 Å². The molecule has 5 rings (SSSR count). The molecule has 2 N–H and O–H groups in total. The predicted octanol–water partition coefficient (Wildman–Crippen LogP) is 4.28. The summed E-state index contributed by atoms with van der Waals surface area (Å²) in [7, 11) is 0. The van der Waals surface area contributed by atoms with E-state index in [-0.39, 0.29) is 5.82 Å². The zero-order valence-corrected chi connectivity index (χ0v) is 17.0. The fourth-order valence-electron chi connectivity index (χ4n) is 3.80. The summed E-state index contributed by atoms with van der Waals surface area (Å²) >= 11 is 6.08. The first kappa shape index (κ1) is 19.0. The first-order valence-electron chi connectivity index (χ1n) is 9.91. The lowest BCUT2D eigenvalue weighted by atomic mass is 10.0. The maximum absolute atomic E-state index is 14.4. The van der Waals surface area contributed by atoms with Gasteiger partial charge in [-0.3, -0.25) is 10.1 Å². The van der Waals surface area contributed by atoms with Crippen molar-refractivity contribution in [1.29, 1.82) is 0 Å². The van der Waals surface area contributed by atoms with Crippen molar-refractivity contribution in [3.63, 3.8) is 0 Å². The highest BCUT2D eigenvalue weighted by Gasteiger charge is 2.16. The molecule has 0 spiro atoms. The summed E-state index contributed by atoms with van der Waals surface area (Å²) in [4.78, 5) is 11.7. The zero-order chi connectivity index (χ0) is 20.5. The van der Waals surface area contributed by atoms with E-state index in [2.05, 4.69) is 31.5 Å². The lowest BCUT2D eigenvalue weighted by Crippen LogP contribution is -2.27. The van der Waals surface area contributed by atoms with E-state index in [1.165, 1.54) is 12.1 Å². The lowest BCUT2D eigenvalue weighted by molar-refractivity contribution is 0.630. The summed E-state index contributed by atoms with van der Waals surface area (Å²) in [5.41, 5.74) is 4.98. The molecule has 3 aromatic heterocycles. The summed E-state index contributed by atoms with van der Waals surface area (Å²) in [6, 6.07) is 10.3. The molecule has 8 heteroatoms. The molecule has 4 aromatic rings. The number of nitrogens with zero attached hydrogens (tertiary/aromatic N) is 4. The number of halogens is 2. The number of fused-ring (bicyclic) bond motifs is 1. The number of pyridine rings is 2. The normalized spacial score (nSPS) is 14.8. The van der Waals surface area contributed by atoms with Crippen LogP contribution in [0.3, 0.4) is 0 Å². The average Bonchev–Trinajstić information content (AvgIpc) is 3.09. The van der Waals surface area contributed by atoms with Gasteiger partial charge in [-0.25, -0.2) is 9.37 Å². The quantitative estimate of drug-likeness (QED) is 0.515. The Kier molecular flexibility index (Phi) is 5.06. The van der Waals surface area contributed by atoms with Gasteiger partial charge in [-0.05, 0) is 49.4 Å². The molecule has 0 unspecified atom stereocenters. The topological polar surface area (TPSA) is 69.7 Å². The van der Waals surface area contributed by atoms with Gasteiger partial charge in [0.05, 0.1) is 40.5 Å². The smallest absolute Gasteiger partial charge is 0.132 e. The summed E-state index contributed by atoms with van der Waals surface area (Å²) < 4.78 is 14.4. The Balaban J connectivity index is 1.56. The molecule has 152 valence electrons. The molecule has 6 nitrogen and oxygen atoms in total. The van der Waals surface area contributed by atoms with E-state index in [1.54, 1.807) is 12.3 Å². The van der Waals surface area contributed by atoms with Crippen LogP contribution in [-0.2, 0) is 0 Å². The van der Waals surface area contributed by atoms with Gasteiger partial charge in [-0.1, -0.05) is 11.6 Å². The van der Waals surface area contributed by atoms with Gasteiger partial charge in [0, 0.05) is 35.8 Å². The number of H-pyrrole nitrogens is 1. The maximum atomic E-state index is 14.4. The first-order valence-corrected chi connectivity index (χ1v) is 10.3. The van der Waals surface area contributed by atoms with Crippen molar-refractivity contribution in [1.82, 2.24) is 25.5 Å². The molecule has 0 radical (unpaired) electrons. The highest BCUT2D eigenvalue weighted by molar-refractivity contribution is 6.30. The van der Waals surface area contributed by atoms with Gasteiger partial charge >= 0.3 is 0 Å². The molecule has 1 aliphatic rings. The van der Waals surface area contributed by atoms with Crippen molar-refractivity contribution in [2.24, 2.45) is 0 Å². The van der Waals surface area contributed by atoms with Crippen molar-refractivity contribution in [2.75, 3.05) is 31.1 Å². The minimum absolute atomic E-state index is 0.362. The van der Waals surface area contributed by atoms with Gasteiger partial charge in [0.15, 0.2) is 0 Å². The molecule has 0 amide bonds. The first-order chi connectivity index (χ1) is 14.7. The molecule has 0 saturated carbocycles. The van der Waals surface area contributed by atoms with Crippen LogP contribution in [0.25, 0.3) is 33.5 Å². The molecular weight excluding hydrogens is 403 g/mol. The number of aromatic nitrogens is 4. The molecule has 1 fully saturated rings. The van der Waals surface area contributed by atoms with Crippen molar-refractivity contribution >= 4 is 28.3 Å². The Hall–Kier alpha value is -3.03. The molecular formula is C22H20ClFN6. The van der Waals surface area contributed by atoms with Crippen LogP contribution in [0.2, 0.25) is 5.02 Å². The SMILES string of the molecule is Fc1ccc(Cl)cc1-c1[nH]ncc1-c1ccc2ncc(N3CCCNCC3)cc2n1. The second-order valence-electron chi connectivity index (χ2n) is 7.30. The van der Waals surface area contributed by atoms with Crippen LogP contribution in [0.15, 0.2) is 48.8 Å². The average molecular weight is 423 g/mol. The van der Waals surface area contributed by atoms with Crippen LogP contribution < -0.4 is 10.2 Å². The molecule has 0 aliphatic carbocycles. The summed E-state index contributed by atoms with van der Waals surface area (Å²) in [6.45, 7) is 3.91. The van der Waals surface area contributed by atoms with Crippen LogP contribution in [0.4, 0.5) is 10.1 Å². The van der Waals surface area contributed by atoms with Crippen LogP contribution in [-0.4, -0.2) is 46.3 Å². The number of hydrogen-bond acceptors (Lipinski definition) is 5. The molecule has 1 saturated heterocycles. The molecule has 0 bridgehead atoms. The monoisotopic (exact) mass is 422 g/mol. The standard InChI is InChI=1S/C22H20ClFN6/c23-14-2-3-18(24)16(10-14)22-17(13-27-29-22)19-4-5-20-21(28-19)11-15(12-26-20)30-8-1-6-25-7-9-30/h2-5,10-13,25H,1,6-9H2,(H,27,29). The van der Waals surface area contributed by atoms with E-state index < -0.39 is 0 Å². The lowest BCUT2D eigenvalue weighted by Gasteiger charge is -2.22. The van der Waals surface area contributed by atoms with Gasteiger partial charge in [0.25, 0.3) is 0 Å². The van der Waals surface area contributed by atoms with E-state index in [4.69, 9.17) is 16.6 Å². The number of benzene rings is 1. The minimum Gasteiger partial charge on any atom is -0.369 e. The van der Waals surface area contributed by atoms with Crippen LogP contribution in [0.5, 0.6) is 0 Å². The summed E-state index contributed by atoms with van der Waals surface area (Å²) in [5, 5.41) is 10.9. The fraction of sp³-hybridized carbons (Fsp3) is 0.227. The van der Waals surface area contributed by atoms with E-state index in [0.29, 0.717) is 27.5 Å². The van der Waals surface area contributed by atoms with Gasteiger partial charge < -0.3 is 10.2 Å². The Morgan fingerprint density at radius 1 is 0.967 bits per heavy atom. The van der Waals surface area contributed by atoms with Crippen molar-refractivity contribution < 1.29 is 4.39 Å². The van der Waals surface area contributed by atoms with E-state index in [0.717, 1.165) is 49.3 Å².